The molecule has 10 heteroatoms. The number of halogens is 2. The van der Waals surface area contributed by atoms with Gasteiger partial charge in [0.1, 0.15) is 5.82 Å². The fraction of sp³-hybridized carbons (Fsp3) is 0.611. The molecule has 0 atom stereocenters. The lowest BCUT2D eigenvalue weighted by molar-refractivity contribution is 0.198. The number of nitrogens with zero attached hydrogens (tertiary/aromatic N) is 2. The van der Waals surface area contributed by atoms with E-state index in [1.807, 2.05) is 19.1 Å². The van der Waals surface area contributed by atoms with Gasteiger partial charge in [0.05, 0.1) is 12.8 Å². The quantitative estimate of drug-likeness (QED) is 0.207. The van der Waals surface area contributed by atoms with Crippen molar-refractivity contribution in [3.8, 4) is 0 Å². The van der Waals surface area contributed by atoms with Crippen LogP contribution in [0.3, 0.4) is 0 Å². The highest BCUT2D eigenvalue weighted by molar-refractivity contribution is 14.0. The Kier molecular flexibility index (Phi) is 11.2. The zero-order valence-corrected chi connectivity index (χ0v) is 19.6. The molecular formula is C18H31FIN5O2S. The molecule has 1 heterocycles. The number of piperidine rings is 1. The normalized spacial score (nSPS) is 16.5. The first-order valence-electron chi connectivity index (χ1n) is 9.32. The van der Waals surface area contributed by atoms with Crippen molar-refractivity contribution in [2.24, 2.45) is 4.99 Å². The number of sulfonamides is 1. The molecule has 0 bridgehead atoms. The molecule has 0 aromatic heterocycles. The highest BCUT2D eigenvalue weighted by Gasteiger charge is 2.20. The van der Waals surface area contributed by atoms with Crippen LogP contribution in [0.2, 0.25) is 0 Å². The van der Waals surface area contributed by atoms with E-state index in [4.69, 9.17) is 0 Å². The molecule has 160 valence electrons. The molecule has 1 saturated heterocycles. The predicted molar refractivity (Wildman–Crippen MR) is 122 cm³/mol. The molecule has 1 aromatic rings. The summed E-state index contributed by atoms with van der Waals surface area (Å²) in [7, 11) is -3.18. The molecule has 0 unspecified atom stereocenters. The van der Waals surface area contributed by atoms with Gasteiger partial charge in [-0.1, -0.05) is 12.1 Å². The van der Waals surface area contributed by atoms with Crippen LogP contribution in [0.25, 0.3) is 0 Å². The number of rotatable bonds is 8. The molecule has 1 fully saturated rings. The number of hydrogen-bond acceptors (Lipinski definition) is 4. The third-order valence-corrected chi connectivity index (χ3v) is 5.07. The highest BCUT2D eigenvalue weighted by Crippen LogP contribution is 2.14. The number of hydrogen-bond donors (Lipinski definition) is 3. The van der Waals surface area contributed by atoms with Gasteiger partial charge in [-0.2, -0.15) is 0 Å². The van der Waals surface area contributed by atoms with Crippen LogP contribution in [0.5, 0.6) is 0 Å². The van der Waals surface area contributed by atoms with Crippen LogP contribution in [0.1, 0.15) is 25.3 Å². The molecule has 2 rings (SSSR count). The average molecular weight is 527 g/mol. The Hall–Kier alpha value is -0.980. The molecule has 1 aromatic carbocycles. The van der Waals surface area contributed by atoms with Gasteiger partial charge in [-0.25, -0.2) is 17.5 Å². The summed E-state index contributed by atoms with van der Waals surface area (Å²) in [5.74, 6) is 0.508. The third-order valence-electron chi connectivity index (χ3n) is 4.34. The fourth-order valence-corrected chi connectivity index (χ4v) is 3.46. The second-order valence-corrected chi connectivity index (χ2v) is 8.58. The van der Waals surface area contributed by atoms with Gasteiger partial charge in [0, 0.05) is 38.8 Å². The lowest BCUT2D eigenvalue weighted by Gasteiger charge is -2.33. The molecule has 7 nitrogen and oxygen atoms in total. The molecule has 0 radical (unpaired) electrons. The molecule has 28 heavy (non-hydrogen) atoms. The zero-order chi connectivity index (χ0) is 19.7. The monoisotopic (exact) mass is 527 g/mol. The minimum atomic E-state index is -3.18. The van der Waals surface area contributed by atoms with Crippen molar-refractivity contribution in [2.75, 3.05) is 39.0 Å². The van der Waals surface area contributed by atoms with Gasteiger partial charge < -0.3 is 10.6 Å². The molecule has 1 aliphatic heterocycles. The molecule has 1 aliphatic rings. The second-order valence-electron chi connectivity index (χ2n) is 6.75. The SMILES string of the molecule is CCNC(=NCCNS(C)(=O)=O)NC1CCN(Cc2ccc(F)cc2)CC1.I. The molecule has 3 N–H and O–H groups in total. The molecular weight excluding hydrogens is 496 g/mol. The van der Waals surface area contributed by atoms with E-state index in [0.717, 1.165) is 50.8 Å². The van der Waals surface area contributed by atoms with Crippen molar-refractivity contribution in [1.82, 2.24) is 20.3 Å². The van der Waals surface area contributed by atoms with E-state index in [-0.39, 0.29) is 36.3 Å². The van der Waals surface area contributed by atoms with Crippen molar-refractivity contribution in [3.63, 3.8) is 0 Å². The first-order valence-corrected chi connectivity index (χ1v) is 11.2. The summed E-state index contributed by atoms with van der Waals surface area (Å²) >= 11 is 0. The van der Waals surface area contributed by atoms with Crippen LogP contribution in [0.15, 0.2) is 29.3 Å². The van der Waals surface area contributed by atoms with Crippen LogP contribution in [-0.4, -0.2) is 64.3 Å². The summed E-state index contributed by atoms with van der Waals surface area (Å²) in [5, 5.41) is 6.63. The number of guanidine groups is 1. The standard InChI is InChI=1S/C18H30FN5O2S.HI/c1-3-20-18(21-10-11-22-27(2,25)26)23-17-8-12-24(13-9-17)14-15-4-6-16(19)7-5-15;/h4-7,17,22H,3,8-14H2,1-2H3,(H2,20,21,23);1H. The van der Waals surface area contributed by atoms with Crippen molar-refractivity contribution >= 4 is 40.0 Å². The Balaban J connectivity index is 0.00000392. The maximum Gasteiger partial charge on any atom is 0.208 e. The fourth-order valence-electron chi connectivity index (χ4n) is 3.00. The van der Waals surface area contributed by atoms with E-state index in [1.54, 1.807) is 0 Å². The number of nitrogens with one attached hydrogen (secondary N) is 3. The van der Waals surface area contributed by atoms with Gasteiger partial charge in [-0.05, 0) is 37.5 Å². The van der Waals surface area contributed by atoms with Crippen LogP contribution >= 0.6 is 24.0 Å². The van der Waals surface area contributed by atoms with Crippen molar-refractivity contribution in [1.29, 1.82) is 0 Å². The van der Waals surface area contributed by atoms with Gasteiger partial charge in [-0.3, -0.25) is 9.89 Å². The minimum Gasteiger partial charge on any atom is -0.357 e. The van der Waals surface area contributed by atoms with E-state index in [1.165, 1.54) is 12.1 Å². The number of benzene rings is 1. The average Bonchev–Trinajstić information content (AvgIpc) is 2.61. The van der Waals surface area contributed by atoms with E-state index >= 15 is 0 Å². The highest BCUT2D eigenvalue weighted by atomic mass is 127. The Bertz CT molecular complexity index is 707. The van der Waals surface area contributed by atoms with Gasteiger partial charge in [0.15, 0.2) is 5.96 Å². The summed E-state index contributed by atoms with van der Waals surface area (Å²) in [4.78, 5) is 6.79. The van der Waals surface area contributed by atoms with Gasteiger partial charge in [0.2, 0.25) is 10.0 Å². The van der Waals surface area contributed by atoms with Gasteiger partial charge in [-0.15, -0.1) is 24.0 Å². The van der Waals surface area contributed by atoms with Crippen molar-refractivity contribution in [3.05, 3.63) is 35.6 Å². The number of aliphatic imine (C=N–C) groups is 1. The summed E-state index contributed by atoms with van der Waals surface area (Å²) in [6.07, 6.45) is 3.13. The Morgan fingerprint density at radius 2 is 1.89 bits per heavy atom. The van der Waals surface area contributed by atoms with Crippen molar-refractivity contribution in [2.45, 2.75) is 32.4 Å². The molecule has 0 amide bonds. The minimum absolute atomic E-state index is 0. The molecule has 0 aliphatic carbocycles. The van der Waals surface area contributed by atoms with Crippen LogP contribution in [0, 0.1) is 5.82 Å². The van der Waals surface area contributed by atoms with E-state index in [0.29, 0.717) is 18.5 Å². The van der Waals surface area contributed by atoms with Crippen LogP contribution in [-0.2, 0) is 16.6 Å². The molecule has 0 saturated carbocycles. The zero-order valence-electron chi connectivity index (χ0n) is 16.4. The first-order chi connectivity index (χ1) is 12.9. The van der Waals surface area contributed by atoms with E-state index < -0.39 is 10.0 Å². The topological polar surface area (TPSA) is 85.8 Å². The van der Waals surface area contributed by atoms with Crippen molar-refractivity contribution < 1.29 is 12.8 Å². The lowest BCUT2D eigenvalue weighted by Crippen LogP contribution is -2.48. The maximum absolute atomic E-state index is 13.0. The third kappa shape index (κ3) is 9.99. The van der Waals surface area contributed by atoms with Crippen LogP contribution in [0.4, 0.5) is 4.39 Å². The van der Waals surface area contributed by atoms with Crippen LogP contribution < -0.4 is 15.4 Å². The summed E-state index contributed by atoms with van der Waals surface area (Å²) in [6.45, 7) is 6.16. The summed E-state index contributed by atoms with van der Waals surface area (Å²) in [5.41, 5.74) is 1.12. The second kappa shape index (κ2) is 12.6. The summed E-state index contributed by atoms with van der Waals surface area (Å²) < 4.78 is 37.6. The predicted octanol–water partition coefficient (Wildman–Crippen LogP) is 1.51. The lowest BCUT2D eigenvalue weighted by atomic mass is 10.0. The maximum atomic E-state index is 13.0. The van der Waals surface area contributed by atoms with Gasteiger partial charge >= 0.3 is 0 Å². The van der Waals surface area contributed by atoms with Gasteiger partial charge in [0.25, 0.3) is 0 Å². The Morgan fingerprint density at radius 1 is 1.25 bits per heavy atom. The number of likely N-dealkylation sites (tertiary alicyclic amines) is 1. The molecule has 0 spiro atoms. The Labute approximate surface area is 184 Å². The smallest absolute Gasteiger partial charge is 0.208 e. The van der Waals surface area contributed by atoms with E-state index in [2.05, 4.69) is 25.2 Å². The summed E-state index contributed by atoms with van der Waals surface area (Å²) in [6, 6.07) is 7.00. The largest absolute Gasteiger partial charge is 0.357 e. The first kappa shape index (κ1) is 25.1. The van der Waals surface area contributed by atoms with E-state index in [9.17, 15) is 12.8 Å². The Morgan fingerprint density at radius 3 is 2.46 bits per heavy atom.